The fourth-order valence-electron chi connectivity index (χ4n) is 4.00. The Kier molecular flexibility index (Phi) is 3.70. The van der Waals surface area contributed by atoms with Crippen molar-refractivity contribution in [1.29, 1.82) is 0 Å². The fourth-order valence-corrected chi connectivity index (χ4v) is 4.00. The van der Waals surface area contributed by atoms with E-state index in [4.69, 9.17) is 5.10 Å². The Labute approximate surface area is 155 Å². The molecule has 1 aliphatic heterocycles. The van der Waals surface area contributed by atoms with Crippen LogP contribution in [0.4, 0.5) is 5.82 Å². The number of nitrogens with zero attached hydrogens (tertiary/aromatic N) is 6. The summed E-state index contributed by atoms with van der Waals surface area (Å²) < 4.78 is 3.74. The zero-order valence-corrected chi connectivity index (χ0v) is 15.2. The number of benzene rings is 1. The lowest BCUT2D eigenvalue weighted by Gasteiger charge is -2.33. The van der Waals surface area contributed by atoms with Crippen LogP contribution in [0.3, 0.4) is 0 Å². The molecule has 1 saturated heterocycles. The molecule has 1 aliphatic rings. The molecule has 0 radical (unpaired) electrons. The van der Waals surface area contributed by atoms with Crippen molar-refractivity contribution in [3.05, 3.63) is 52.7 Å². The van der Waals surface area contributed by atoms with Gasteiger partial charge in [0.1, 0.15) is 5.82 Å². The second kappa shape index (κ2) is 6.22. The summed E-state index contributed by atoms with van der Waals surface area (Å²) in [6.07, 6.45) is 2.61. The average molecular weight is 363 g/mol. The van der Waals surface area contributed by atoms with E-state index in [-0.39, 0.29) is 11.7 Å². The van der Waals surface area contributed by atoms with Crippen molar-refractivity contribution in [3.8, 4) is 0 Å². The summed E-state index contributed by atoms with van der Waals surface area (Å²) in [6, 6.07) is 12.0. The third kappa shape index (κ3) is 2.59. The van der Waals surface area contributed by atoms with Crippen LogP contribution in [0.15, 0.2) is 41.2 Å². The lowest BCUT2D eigenvalue weighted by atomic mass is 10.0. The van der Waals surface area contributed by atoms with Crippen LogP contribution in [0.2, 0.25) is 0 Å². The predicted octanol–water partition coefficient (Wildman–Crippen LogP) is 2.17. The second-order valence-corrected chi connectivity index (χ2v) is 6.97. The molecule has 1 N–H and O–H groups in total. The van der Waals surface area contributed by atoms with Gasteiger partial charge in [-0.05, 0) is 37.1 Å². The molecule has 0 saturated carbocycles. The Morgan fingerprint density at radius 1 is 1.11 bits per heavy atom. The highest BCUT2D eigenvalue weighted by Crippen LogP contribution is 2.27. The van der Waals surface area contributed by atoms with Crippen LogP contribution in [-0.2, 0) is 6.42 Å². The van der Waals surface area contributed by atoms with Gasteiger partial charge in [-0.3, -0.25) is 4.57 Å². The highest BCUT2D eigenvalue weighted by molar-refractivity contribution is 5.75. The first kappa shape index (κ1) is 16.0. The molecular formula is C19H21N7O. The van der Waals surface area contributed by atoms with Crippen molar-refractivity contribution in [1.82, 2.24) is 29.4 Å². The first-order valence-corrected chi connectivity index (χ1v) is 9.40. The number of anilines is 1. The van der Waals surface area contributed by atoms with Gasteiger partial charge in [-0.25, -0.2) is 4.79 Å². The van der Waals surface area contributed by atoms with Crippen molar-refractivity contribution in [2.75, 3.05) is 18.0 Å². The molecule has 8 nitrogen and oxygen atoms in total. The van der Waals surface area contributed by atoms with E-state index < -0.39 is 0 Å². The SMILES string of the molecule is CCc1nnc2ccc(N3CCC(n4c(=O)[nH]c5ccccc54)CC3)nn12. The van der Waals surface area contributed by atoms with E-state index in [2.05, 4.69) is 27.0 Å². The summed E-state index contributed by atoms with van der Waals surface area (Å²) in [5.74, 6) is 1.80. The maximum absolute atomic E-state index is 12.4. The Morgan fingerprint density at radius 2 is 1.93 bits per heavy atom. The summed E-state index contributed by atoms with van der Waals surface area (Å²) in [5.41, 5.74) is 2.64. The van der Waals surface area contributed by atoms with Gasteiger partial charge in [0.05, 0.1) is 11.0 Å². The fraction of sp³-hybridized carbons (Fsp3) is 0.368. The minimum absolute atomic E-state index is 0.0220. The monoisotopic (exact) mass is 363 g/mol. The highest BCUT2D eigenvalue weighted by Gasteiger charge is 2.24. The Balaban J connectivity index is 1.40. The van der Waals surface area contributed by atoms with Crippen molar-refractivity contribution in [2.45, 2.75) is 32.2 Å². The average Bonchev–Trinajstić information content (AvgIpc) is 3.27. The Morgan fingerprint density at radius 3 is 2.74 bits per heavy atom. The number of rotatable bonds is 3. The molecule has 138 valence electrons. The molecule has 0 unspecified atom stereocenters. The predicted molar refractivity (Wildman–Crippen MR) is 103 cm³/mol. The van der Waals surface area contributed by atoms with Gasteiger partial charge < -0.3 is 9.88 Å². The molecule has 0 aliphatic carbocycles. The van der Waals surface area contributed by atoms with Gasteiger partial charge in [0.25, 0.3) is 0 Å². The van der Waals surface area contributed by atoms with Crippen molar-refractivity contribution >= 4 is 22.5 Å². The molecule has 4 aromatic rings. The summed E-state index contributed by atoms with van der Waals surface area (Å²) in [6.45, 7) is 3.77. The Hall–Kier alpha value is -3.16. The summed E-state index contributed by atoms with van der Waals surface area (Å²) in [7, 11) is 0. The van der Waals surface area contributed by atoms with Gasteiger partial charge in [-0.1, -0.05) is 19.1 Å². The van der Waals surface area contributed by atoms with E-state index in [1.54, 1.807) is 0 Å². The van der Waals surface area contributed by atoms with Crippen LogP contribution in [0, 0.1) is 0 Å². The lowest BCUT2D eigenvalue weighted by molar-refractivity contribution is 0.394. The zero-order valence-electron chi connectivity index (χ0n) is 15.2. The summed E-state index contributed by atoms with van der Waals surface area (Å²) in [4.78, 5) is 17.7. The van der Waals surface area contributed by atoms with Crippen LogP contribution < -0.4 is 10.6 Å². The van der Waals surface area contributed by atoms with Gasteiger partial charge in [0.2, 0.25) is 0 Å². The van der Waals surface area contributed by atoms with E-state index in [0.29, 0.717) is 0 Å². The molecule has 0 amide bonds. The number of nitrogens with one attached hydrogen (secondary N) is 1. The quantitative estimate of drug-likeness (QED) is 0.603. The summed E-state index contributed by atoms with van der Waals surface area (Å²) in [5, 5.41) is 13.1. The van der Waals surface area contributed by atoms with Crippen molar-refractivity contribution in [3.63, 3.8) is 0 Å². The number of hydrogen-bond acceptors (Lipinski definition) is 5. The van der Waals surface area contributed by atoms with Crippen molar-refractivity contribution < 1.29 is 0 Å². The van der Waals surface area contributed by atoms with Crippen LogP contribution in [0.5, 0.6) is 0 Å². The molecule has 0 atom stereocenters. The minimum atomic E-state index is -0.0220. The lowest BCUT2D eigenvalue weighted by Crippen LogP contribution is -2.37. The van der Waals surface area contributed by atoms with Gasteiger partial charge in [0.15, 0.2) is 11.5 Å². The normalized spacial score (nSPS) is 15.8. The van der Waals surface area contributed by atoms with Gasteiger partial charge >= 0.3 is 5.69 Å². The van der Waals surface area contributed by atoms with Crippen LogP contribution in [0.1, 0.15) is 31.6 Å². The largest absolute Gasteiger partial charge is 0.355 e. The molecular weight excluding hydrogens is 342 g/mol. The molecule has 27 heavy (non-hydrogen) atoms. The Bertz CT molecular complexity index is 1160. The molecule has 4 heterocycles. The van der Waals surface area contributed by atoms with E-state index in [9.17, 15) is 4.79 Å². The van der Waals surface area contributed by atoms with E-state index in [0.717, 1.165) is 60.7 Å². The first-order chi connectivity index (χ1) is 13.2. The number of piperidine rings is 1. The van der Waals surface area contributed by atoms with E-state index >= 15 is 0 Å². The highest BCUT2D eigenvalue weighted by atomic mass is 16.1. The van der Waals surface area contributed by atoms with Gasteiger partial charge in [-0.15, -0.1) is 15.3 Å². The maximum Gasteiger partial charge on any atom is 0.326 e. The second-order valence-electron chi connectivity index (χ2n) is 6.97. The number of fused-ring (bicyclic) bond motifs is 2. The smallest absolute Gasteiger partial charge is 0.326 e. The number of imidazole rings is 1. The third-order valence-electron chi connectivity index (χ3n) is 5.41. The summed E-state index contributed by atoms with van der Waals surface area (Å²) >= 11 is 0. The van der Waals surface area contributed by atoms with Gasteiger partial charge in [0, 0.05) is 25.6 Å². The number of hydrogen-bond donors (Lipinski definition) is 1. The number of aromatic amines is 1. The number of aryl methyl sites for hydroxylation is 1. The van der Waals surface area contributed by atoms with Crippen LogP contribution >= 0.6 is 0 Å². The minimum Gasteiger partial charge on any atom is -0.355 e. The molecule has 0 bridgehead atoms. The molecule has 8 heteroatoms. The van der Waals surface area contributed by atoms with Crippen LogP contribution in [-0.4, -0.2) is 42.5 Å². The molecule has 0 spiro atoms. The molecule has 1 fully saturated rings. The first-order valence-electron chi connectivity index (χ1n) is 9.40. The number of aromatic nitrogens is 6. The third-order valence-corrected chi connectivity index (χ3v) is 5.41. The van der Waals surface area contributed by atoms with Crippen LogP contribution in [0.25, 0.3) is 16.7 Å². The zero-order chi connectivity index (χ0) is 18.4. The van der Waals surface area contributed by atoms with Gasteiger partial charge in [-0.2, -0.15) is 4.52 Å². The van der Waals surface area contributed by atoms with E-state index in [1.807, 2.05) is 45.5 Å². The van der Waals surface area contributed by atoms with E-state index in [1.165, 1.54) is 0 Å². The molecule has 1 aromatic carbocycles. The number of H-pyrrole nitrogens is 1. The maximum atomic E-state index is 12.4. The van der Waals surface area contributed by atoms with Crippen molar-refractivity contribution in [2.24, 2.45) is 0 Å². The topological polar surface area (TPSA) is 84.1 Å². The standard InChI is InChI=1S/C19H21N7O/c1-2-16-21-22-17-7-8-18(23-26(16)17)24-11-9-13(10-12-24)25-15-6-4-3-5-14(15)20-19(25)27/h3-8,13H,2,9-12H2,1H3,(H,20,27). The number of para-hydroxylation sites is 2. The molecule has 5 rings (SSSR count). The molecule has 3 aromatic heterocycles.